The van der Waals surface area contributed by atoms with Crippen molar-refractivity contribution in [3.63, 3.8) is 0 Å². The van der Waals surface area contributed by atoms with Crippen LogP contribution in [0.1, 0.15) is 44.1 Å². The second-order valence-electron chi connectivity index (χ2n) is 9.48. The van der Waals surface area contributed by atoms with E-state index in [1.165, 1.54) is 0 Å². The Morgan fingerprint density at radius 2 is 1.43 bits per heavy atom. The SMILES string of the molecule is NCCCC[C@H](NC(=O)[C@H](CC(N)=O)NC(=O)CNC(=O)[C@H](Cc1ccccc1)NC(=O)[C@@H](N)CCC(=O)O)C(=O)O. The molecule has 42 heavy (non-hydrogen) atoms. The minimum absolute atomic E-state index is 0.0130. The van der Waals surface area contributed by atoms with Gasteiger partial charge < -0.3 is 48.7 Å². The standard InChI is InChI=1S/C26H39N7O9/c27-11-5-4-8-17(26(41)42)32-25(40)19(13-20(29)34)31-21(35)14-30-24(39)18(12-15-6-2-1-3-7-15)33-23(38)16(28)9-10-22(36)37/h1-3,6-7,16-19H,4-5,8-14,27-28H2,(H2,29,34)(H,30,39)(H,31,35)(H,32,40)(H,33,38)(H,36,37)(H,41,42)/t16-,17-,18-,19-/m0/s1. The van der Waals surface area contributed by atoms with Crippen molar-refractivity contribution in [3.8, 4) is 0 Å². The molecule has 0 aromatic heterocycles. The maximum absolute atomic E-state index is 13.0. The molecular formula is C26H39N7O9. The quantitative estimate of drug-likeness (QED) is 0.0690. The van der Waals surface area contributed by atoms with Crippen molar-refractivity contribution in [1.29, 1.82) is 0 Å². The van der Waals surface area contributed by atoms with E-state index in [2.05, 4.69) is 21.3 Å². The Morgan fingerprint density at radius 1 is 0.786 bits per heavy atom. The number of carbonyl (C=O) groups is 7. The molecule has 0 aliphatic rings. The van der Waals surface area contributed by atoms with Gasteiger partial charge in [0.25, 0.3) is 0 Å². The average molecular weight is 594 g/mol. The largest absolute Gasteiger partial charge is 0.481 e. The third-order valence-electron chi connectivity index (χ3n) is 5.96. The van der Waals surface area contributed by atoms with E-state index in [1.54, 1.807) is 30.3 Å². The van der Waals surface area contributed by atoms with E-state index in [9.17, 15) is 38.7 Å². The number of amides is 5. The lowest BCUT2D eigenvalue weighted by atomic mass is 10.0. The van der Waals surface area contributed by atoms with E-state index in [4.69, 9.17) is 22.3 Å². The zero-order chi connectivity index (χ0) is 31.7. The number of primary amides is 1. The first-order chi connectivity index (χ1) is 19.8. The van der Waals surface area contributed by atoms with Gasteiger partial charge in [-0.2, -0.15) is 0 Å². The Morgan fingerprint density at radius 3 is 2.00 bits per heavy atom. The van der Waals surface area contributed by atoms with Gasteiger partial charge in [0.05, 0.1) is 19.0 Å². The molecule has 0 spiro atoms. The lowest BCUT2D eigenvalue weighted by Gasteiger charge is -2.22. The van der Waals surface area contributed by atoms with E-state index >= 15 is 0 Å². The van der Waals surface area contributed by atoms with Gasteiger partial charge in [-0.05, 0) is 37.8 Å². The average Bonchev–Trinajstić information content (AvgIpc) is 2.93. The topological polar surface area (TPSA) is 286 Å². The Hall–Kier alpha value is -4.57. The van der Waals surface area contributed by atoms with Crippen LogP contribution in [-0.2, 0) is 40.0 Å². The van der Waals surface area contributed by atoms with Crippen molar-refractivity contribution in [1.82, 2.24) is 21.3 Å². The predicted octanol–water partition coefficient (Wildman–Crippen LogP) is -2.92. The highest BCUT2D eigenvalue weighted by molar-refractivity contribution is 5.95. The Balaban J connectivity index is 2.88. The molecule has 5 amide bonds. The molecule has 0 unspecified atom stereocenters. The first-order valence-electron chi connectivity index (χ1n) is 13.2. The number of nitrogens with one attached hydrogen (secondary N) is 4. The molecule has 0 aliphatic heterocycles. The summed E-state index contributed by atoms with van der Waals surface area (Å²) in [7, 11) is 0. The van der Waals surface area contributed by atoms with Crippen LogP contribution < -0.4 is 38.5 Å². The van der Waals surface area contributed by atoms with Crippen molar-refractivity contribution in [3.05, 3.63) is 35.9 Å². The highest BCUT2D eigenvalue weighted by Gasteiger charge is 2.29. The number of aliphatic carboxylic acids is 2. The monoisotopic (exact) mass is 593 g/mol. The minimum atomic E-state index is -1.52. The van der Waals surface area contributed by atoms with E-state index in [0.29, 0.717) is 24.9 Å². The molecule has 232 valence electrons. The van der Waals surface area contributed by atoms with Crippen molar-refractivity contribution in [2.75, 3.05) is 13.1 Å². The third kappa shape index (κ3) is 14.2. The van der Waals surface area contributed by atoms with Gasteiger partial charge in [-0.25, -0.2) is 4.79 Å². The fraction of sp³-hybridized carbons (Fsp3) is 0.500. The molecule has 16 heteroatoms. The summed E-state index contributed by atoms with van der Waals surface area (Å²) in [6.45, 7) is -0.341. The fourth-order valence-corrected chi connectivity index (χ4v) is 3.72. The zero-order valence-corrected chi connectivity index (χ0v) is 23.0. The fourth-order valence-electron chi connectivity index (χ4n) is 3.72. The second kappa shape index (κ2) is 18.7. The summed E-state index contributed by atoms with van der Waals surface area (Å²) < 4.78 is 0. The van der Waals surface area contributed by atoms with Gasteiger partial charge in [-0.15, -0.1) is 0 Å². The molecule has 12 N–H and O–H groups in total. The molecule has 1 rings (SSSR count). The zero-order valence-electron chi connectivity index (χ0n) is 23.0. The first kappa shape index (κ1) is 35.5. The number of benzene rings is 1. The molecule has 0 bridgehead atoms. The molecular weight excluding hydrogens is 554 g/mol. The number of hydrogen-bond donors (Lipinski definition) is 9. The van der Waals surface area contributed by atoms with Crippen LogP contribution >= 0.6 is 0 Å². The van der Waals surface area contributed by atoms with E-state index in [-0.39, 0.29) is 25.7 Å². The molecule has 1 aromatic carbocycles. The molecule has 16 nitrogen and oxygen atoms in total. The molecule has 0 fully saturated rings. The van der Waals surface area contributed by atoms with Gasteiger partial charge in [-0.1, -0.05) is 30.3 Å². The Kier molecular flexibility index (Phi) is 15.8. The van der Waals surface area contributed by atoms with Crippen LogP contribution in [0.2, 0.25) is 0 Å². The molecule has 0 aliphatic carbocycles. The molecule has 4 atom stereocenters. The molecule has 0 heterocycles. The maximum atomic E-state index is 13.0. The van der Waals surface area contributed by atoms with E-state index in [0.717, 1.165) is 0 Å². The van der Waals surface area contributed by atoms with Gasteiger partial charge in [0.15, 0.2) is 0 Å². The summed E-state index contributed by atoms with van der Waals surface area (Å²) >= 11 is 0. The minimum Gasteiger partial charge on any atom is -0.481 e. The van der Waals surface area contributed by atoms with Crippen LogP contribution in [0.15, 0.2) is 30.3 Å². The predicted molar refractivity (Wildman–Crippen MR) is 148 cm³/mol. The number of carboxylic acids is 2. The van der Waals surface area contributed by atoms with Crippen LogP contribution in [0.25, 0.3) is 0 Å². The maximum Gasteiger partial charge on any atom is 0.326 e. The highest BCUT2D eigenvalue weighted by atomic mass is 16.4. The summed E-state index contributed by atoms with van der Waals surface area (Å²) in [4.78, 5) is 84.5. The lowest BCUT2D eigenvalue weighted by Crippen LogP contribution is -2.56. The van der Waals surface area contributed by atoms with E-state index < -0.39 is 78.6 Å². The van der Waals surface area contributed by atoms with Crippen molar-refractivity contribution in [2.45, 2.75) is 69.1 Å². The number of nitrogens with two attached hydrogens (primary N) is 3. The molecule has 0 saturated carbocycles. The number of hydrogen-bond acceptors (Lipinski definition) is 9. The Bertz CT molecular complexity index is 1100. The van der Waals surface area contributed by atoms with Gasteiger partial charge in [0, 0.05) is 12.8 Å². The van der Waals surface area contributed by atoms with Gasteiger partial charge in [0.2, 0.25) is 29.5 Å². The number of carboxylic acid groups (broad SMARTS) is 2. The van der Waals surface area contributed by atoms with Crippen molar-refractivity contribution in [2.24, 2.45) is 17.2 Å². The molecule has 1 aromatic rings. The van der Waals surface area contributed by atoms with Crippen LogP contribution in [0, 0.1) is 0 Å². The van der Waals surface area contributed by atoms with Gasteiger partial charge >= 0.3 is 11.9 Å². The van der Waals surface area contributed by atoms with Crippen LogP contribution in [0.5, 0.6) is 0 Å². The third-order valence-corrected chi connectivity index (χ3v) is 5.96. The van der Waals surface area contributed by atoms with Crippen molar-refractivity contribution < 1.29 is 43.8 Å². The highest BCUT2D eigenvalue weighted by Crippen LogP contribution is 2.06. The summed E-state index contributed by atoms with van der Waals surface area (Å²) in [5, 5.41) is 27.5. The van der Waals surface area contributed by atoms with Crippen LogP contribution in [0.4, 0.5) is 0 Å². The summed E-state index contributed by atoms with van der Waals surface area (Å²) in [6.07, 6.45) is -0.132. The Labute approximate surface area is 242 Å². The lowest BCUT2D eigenvalue weighted by molar-refractivity contribution is -0.142. The van der Waals surface area contributed by atoms with Crippen molar-refractivity contribution >= 4 is 41.5 Å². The normalized spacial score (nSPS) is 13.5. The number of carbonyl (C=O) groups excluding carboxylic acids is 5. The van der Waals surface area contributed by atoms with Gasteiger partial charge in [-0.3, -0.25) is 28.8 Å². The first-order valence-corrected chi connectivity index (χ1v) is 13.2. The summed E-state index contributed by atoms with van der Waals surface area (Å²) in [5.41, 5.74) is 17.0. The van der Waals surface area contributed by atoms with Crippen LogP contribution in [-0.4, -0.2) is 88.9 Å². The van der Waals surface area contributed by atoms with Gasteiger partial charge in [0.1, 0.15) is 18.1 Å². The molecule has 0 saturated heterocycles. The van der Waals surface area contributed by atoms with E-state index in [1.807, 2.05) is 0 Å². The molecule has 0 radical (unpaired) electrons. The second-order valence-corrected chi connectivity index (χ2v) is 9.48. The number of rotatable bonds is 20. The summed E-state index contributed by atoms with van der Waals surface area (Å²) in [6, 6.07) is 3.39. The smallest absolute Gasteiger partial charge is 0.326 e. The van der Waals surface area contributed by atoms with Crippen LogP contribution in [0.3, 0.4) is 0 Å². The number of unbranched alkanes of at least 4 members (excludes halogenated alkanes) is 1. The summed E-state index contributed by atoms with van der Waals surface area (Å²) in [5.74, 6) is -6.81.